The first kappa shape index (κ1) is 11.0. The molecule has 0 radical (unpaired) electrons. The van der Waals surface area contributed by atoms with Gasteiger partial charge in [-0.15, -0.1) is 0 Å². The Balaban J connectivity index is 3.08. The Morgan fingerprint density at radius 3 is 2.29 bits per heavy atom. The fraction of sp³-hybridized carbons (Fsp3) is 0.429. The second-order valence-electron chi connectivity index (χ2n) is 5.10. The van der Waals surface area contributed by atoms with Gasteiger partial charge < -0.3 is 0 Å². The summed E-state index contributed by atoms with van der Waals surface area (Å²) in [6, 6.07) is 8.76. The van der Waals surface area contributed by atoms with Crippen LogP contribution in [-0.2, 0) is 5.41 Å². The van der Waals surface area contributed by atoms with Crippen LogP contribution in [0.25, 0.3) is 6.08 Å². The Hall–Kier alpha value is -1.04. The number of allylic oxidation sites excluding steroid dienone is 1. The molecule has 0 aliphatic carbocycles. The van der Waals surface area contributed by atoms with Gasteiger partial charge in [-0.2, -0.15) is 0 Å². The summed E-state index contributed by atoms with van der Waals surface area (Å²) in [4.78, 5) is 0. The van der Waals surface area contributed by atoms with Gasteiger partial charge >= 0.3 is 0 Å². The summed E-state index contributed by atoms with van der Waals surface area (Å²) in [5, 5.41) is 0. The summed E-state index contributed by atoms with van der Waals surface area (Å²) in [5.41, 5.74) is 4.28. The molecular formula is C14H20. The molecule has 0 heteroatoms. The van der Waals surface area contributed by atoms with E-state index in [0.29, 0.717) is 0 Å². The molecule has 0 aliphatic heterocycles. The van der Waals surface area contributed by atoms with E-state index in [4.69, 9.17) is 0 Å². The third-order valence-corrected chi connectivity index (χ3v) is 2.21. The van der Waals surface area contributed by atoms with E-state index in [1.54, 1.807) is 0 Å². The molecule has 0 spiro atoms. The molecule has 1 aromatic rings. The molecule has 0 amide bonds. The highest BCUT2D eigenvalue weighted by atomic mass is 14.2. The highest BCUT2D eigenvalue weighted by Gasteiger charge is 2.12. The summed E-state index contributed by atoms with van der Waals surface area (Å²) < 4.78 is 0. The van der Waals surface area contributed by atoms with Gasteiger partial charge in [-0.25, -0.2) is 0 Å². The van der Waals surface area contributed by atoms with Gasteiger partial charge in [0.15, 0.2) is 0 Å². The van der Waals surface area contributed by atoms with Crippen LogP contribution < -0.4 is 0 Å². The standard InChI is InChI=1S/C14H20/c1-11(2)9-12-7-6-8-13(10-12)14(3,4)5/h6-10H,1-5H3. The maximum atomic E-state index is 2.27. The number of benzene rings is 1. The Bertz CT molecular complexity index is 333. The van der Waals surface area contributed by atoms with Crippen molar-refractivity contribution in [3.63, 3.8) is 0 Å². The van der Waals surface area contributed by atoms with Crippen molar-refractivity contribution in [2.75, 3.05) is 0 Å². The van der Waals surface area contributed by atoms with E-state index in [2.05, 4.69) is 65.0 Å². The first-order valence-electron chi connectivity index (χ1n) is 5.15. The zero-order valence-electron chi connectivity index (χ0n) is 9.89. The van der Waals surface area contributed by atoms with Gasteiger partial charge in [0, 0.05) is 0 Å². The zero-order valence-corrected chi connectivity index (χ0v) is 9.89. The molecule has 76 valence electrons. The molecule has 0 saturated heterocycles. The van der Waals surface area contributed by atoms with E-state index in [0.717, 1.165) is 0 Å². The van der Waals surface area contributed by atoms with Gasteiger partial charge in [0.1, 0.15) is 0 Å². The maximum absolute atomic E-state index is 2.27. The number of hydrogen-bond acceptors (Lipinski definition) is 0. The molecule has 0 aromatic heterocycles. The SMILES string of the molecule is CC(C)=Cc1cccc(C(C)(C)C)c1. The monoisotopic (exact) mass is 188 g/mol. The van der Waals surface area contributed by atoms with Crippen LogP contribution in [0.3, 0.4) is 0 Å². The van der Waals surface area contributed by atoms with Gasteiger partial charge in [-0.1, -0.05) is 56.7 Å². The van der Waals surface area contributed by atoms with E-state index >= 15 is 0 Å². The van der Waals surface area contributed by atoms with Crippen molar-refractivity contribution in [1.82, 2.24) is 0 Å². The molecule has 0 aliphatic rings. The smallest absolute Gasteiger partial charge is 0.0132 e. The quantitative estimate of drug-likeness (QED) is 0.612. The lowest BCUT2D eigenvalue weighted by molar-refractivity contribution is 0.590. The normalized spacial score (nSPS) is 11.2. The maximum Gasteiger partial charge on any atom is -0.0132 e. The highest BCUT2D eigenvalue weighted by molar-refractivity contribution is 5.53. The van der Waals surface area contributed by atoms with Crippen LogP contribution in [0.2, 0.25) is 0 Å². The van der Waals surface area contributed by atoms with Crippen molar-refractivity contribution in [1.29, 1.82) is 0 Å². The summed E-state index contributed by atoms with van der Waals surface area (Å²) in [7, 11) is 0. The fourth-order valence-corrected chi connectivity index (χ4v) is 1.43. The first-order valence-corrected chi connectivity index (χ1v) is 5.15. The molecule has 0 atom stereocenters. The molecule has 0 saturated carbocycles. The molecule has 0 N–H and O–H groups in total. The highest BCUT2D eigenvalue weighted by Crippen LogP contribution is 2.23. The third kappa shape index (κ3) is 3.02. The summed E-state index contributed by atoms with van der Waals surface area (Å²) in [6.45, 7) is 11.0. The Morgan fingerprint density at radius 1 is 1.14 bits per heavy atom. The molecule has 0 heterocycles. The third-order valence-electron chi connectivity index (χ3n) is 2.21. The van der Waals surface area contributed by atoms with Crippen LogP contribution >= 0.6 is 0 Å². The lowest BCUT2D eigenvalue weighted by Gasteiger charge is -2.19. The van der Waals surface area contributed by atoms with Gasteiger partial charge in [0.25, 0.3) is 0 Å². The van der Waals surface area contributed by atoms with Crippen LogP contribution in [0.5, 0.6) is 0 Å². The van der Waals surface area contributed by atoms with E-state index in [1.165, 1.54) is 16.7 Å². The van der Waals surface area contributed by atoms with Crippen molar-refractivity contribution in [3.8, 4) is 0 Å². The predicted octanol–water partition coefficient (Wildman–Crippen LogP) is 4.41. The van der Waals surface area contributed by atoms with Gasteiger partial charge in [-0.3, -0.25) is 0 Å². The van der Waals surface area contributed by atoms with Crippen LogP contribution in [0, 0.1) is 0 Å². The lowest BCUT2D eigenvalue weighted by atomic mass is 9.86. The molecule has 0 nitrogen and oxygen atoms in total. The fourth-order valence-electron chi connectivity index (χ4n) is 1.43. The van der Waals surface area contributed by atoms with E-state index < -0.39 is 0 Å². The average molecular weight is 188 g/mol. The summed E-state index contributed by atoms with van der Waals surface area (Å²) in [5.74, 6) is 0. The van der Waals surface area contributed by atoms with Crippen LogP contribution in [0.1, 0.15) is 45.7 Å². The van der Waals surface area contributed by atoms with E-state index in [1.807, 2.05) is 0 Å². The van der Waals surface area contributed by atoms with Gasteiger partial charge in [0.05, 0.1) is 0 Å². The second-order valence-corrected chi connectivity index (χ2v) is 5.10. The lowest BCUT2D eigenvalue weighted by Crippen LogP contribution is -2.10. The molecule has 1 rings (SSSR count). The molecule has 0 fully saturated rings. The largest absolute Gasteiger partial charge is 0.0758 e. The first-order chi connectivity index (χ1) is 6.39. The molecule has 1 aromatic carbocycles. The Morgan fingerprint density at radius 2 is 1.79 bits per heavy atom. The molecule has 0 unspecified atom stereocenters. The van der Waals surface area contributed by atoms with Crippen LogP contribution in [-0.4, -0.2) is 0 Å². The van der Waals surface area contributed by atoms with Gasteiger partial charge in [-0.05, 0) is 30.4 Å². The van der Waals surface area contributed by atoms with Crippen molar-refractivity contribution >= 4 is 6.08 Å². The Labute approximate surface area is 87.7 Å². The topological polar surface area (TPSA) is 0 Å². The van der Waals surface area contributed by atoms with Crippen molar-refractivity contribution in [2.24, 2.45) is 0 Å². The molecular weight excluding hydrogens is 168 g/mol. The van der Waals surface area contributed by atoms with Crippen molar-refractivity contribution in [2.45, 2.75) is 40.0 Å². The Kier molecular flexibility index (Phi) is 3.15. The minimum atomic E-state index is 0.242. The summed E-state index contributed by atoms with van der Waals surface area (Å²) in [6.07, 6.45) is 2.22. The molecule has 0 bridgehead atoms. The minimum absolute atomic E-state index is 0.242. The minimum Gasteiger partial charge on any atom is -0.0758 e. The summed E-state index contributed by atoms with van der Waals surface area (Å²) >= 11 is 0. The van der Waals surface area contributed by atoms with Gasteiger partial charge in [0.2, 0.25) is 0 Å². The average Bonchev–Trinajstić information content (AvgIpc) is 2.01. The van der Waals surface area contributed by atoms with E-state index in [-0.39, 0.29) is 5.41 Å². The van der Waals surface area contributed by atoms with Crippen LogP contribution in [0.4, 0.5) is 0 Å². The zero-order chi connectivity index (χ0) is 10.8. The van der Waals surface area contributed by atoms with E-state index in [9.17, 15) is 0 Å². The van der Waals surface area contributed by atoms with Crippen molar-refractivity contribution in [3.05, 3.63) is 41.0 Å². The van der Waals surface area contributed by atoms with Crippen LogP contribution in [0.15, 0.2) is 29.8 Å². The second kappa shape index (κ2) is 4.00. The molecule has 14 heavy (non-hydrogen) atoms. The number of hydrogen-bond donors (Lipinski definition) is 0. The number of rotatable bonds is 1. The predicted molar refractivity (Wildman–Crippen MR) is 64.5 cm³/mol. The van der Waals surface area contributed by atoms with Crippen molar-refractivity contribution < 1.29 is 0 Å².